The number of benzene rings is 1. The van der Waals surface area contributed by atoms with E-state index in [0.717, 1.165) is 16.9 Å². The predicted molar refractivity (Wildman–Crippen MR) is 83.0 cm³/mol. The SMILES string of the molecule is COc1cnccc1C(NN)c1cccc(C2CCC2)c1. The molecule has 4 heteroatoms. The zero-order chi connectivity index (χ0) is 14.7. The second-order valence-corrected chi connectivity index (χ2v) is 5.52. The number of hydrogen-bond acceptors (Lipinski definition) is 4. The van der Waals surface area contributed by atoms with E-state index in [2.05, 4.69) is 34.7 Å². The van der Waals surface area contributed by atoms with Crippen molar-refractivity contribution in [2.24, 2.45) is 5.84 Å². The molecule has 1 aromatic carbocycles. The van der Waals surface area contributed by atoms with Gasteiger partial charge in [0.2, 0.25) is 0 Å². The standard InChI is InChI=1S/C17H21N3O/c1-21-16-11-19-9-8-15(16)17(20-18)14-7-3-6-13(10-14)12-4-2-5-12/h3,6-12,17,20H,2,4-5,18H2,1H3. The van der Waals surface area contributed by atoms with Crippen LogP contribution in [-0.2, 0) is 0 Å². The van der Waals surface area contributed by atoms with Gasteiger partial charge in [-0.3, -0.25) is 10.8 Å². The normalized spacial score (nSPS) is 16.3. The van der Waals surface area contributed by atoms with Gasteiger partial charge in [0.05, 0.1) is 19.3 Å². The van der Waals surface area contributed by atoms with Crippen LogP contribution in [0.5, 0.6) is 5.75 Å². The fraction of sp³-hybridized carbons (Fsp3) is 0.353. The summed E-state index contributed by atoms with van der Waals surface area (Å²) in [4.78, 5) is 4.10. The zero-order valence-corrected chi connectivity index (χ0v) is 12.3. The third kappa shape index (κ3) is 2.77. The van der Waals surface area contributed by atoms with Crippen LogP contribution in [0, 0.1) is 0 Å². The molecule has 0 bridgehead atoms. The first-order valence-electron chi connectivity index (χ1n) is 7.37. The number of aromatic nitrogens is 1. The number of nitrogens with one attached hydrogen (secondary N) is 1. The monoisotopic (exact) mass is 283 g/mol. The maximum atomic E-state index is 5.81. The summed E-state index contributed by atoms with van der Waals surface area (Å²) in [6, 6.07) is 10.5. The van der Waals surface area contributed by atoms with Gasteiger partial charge in [0, 0.05) is 11.8 Å². The largest absolute Gasteiger partial charge is 0.495 e. The van der Waals surface area contributed by atoms with Crippen LogP contribution in [0.4, 0.5) is 0 Å². The van der Waals surface area contributed by atoms with Gasteiger partial charge in [-0.2, -0.15) is 0 Å². The number of nitrogens with two attached hydrogens (primary N) is 1. The maximum absolute atomic E-state index is 5.81. The van der Waals surface area contributed by atoms with Crippen molar-refractivity contribution in [3.8, 4) is 5.75 Å². The van der Waals surface area contributed by atoms with Crippen molar-refractivity contribution >= 4 is 0 Å². The highest BCUT2D eigenvalue weighted by molar-refractivity contribution is 5.41. The van der Waals surface area contributed by atoms with Gasteiger partial charge < -0.3 is 4.74 Å². The summed E-state index contributed by atoms with van der Waals surface area (Å²) < 4.78 is 5.40. The highest BCUT2D eigenvalue weighted by atomic mass is 16.5. The van der Waals surface area contributed by atoms with Crippen LogP contribution >= 0.6 is 0 Å². The van der Waals surface area contributed by atoms with Crippen LogP contribution in [0.3, 0.4) is 0 Å². The lowest BCUT2D eigenvalue weighted by Crippen LogP contribution is -2.29. The molecular formula is C17H21N3O. The molecule has 2 aromatic rings. The van der Waals surface area contributed by atoms with Crippen LogP contribution in [0.2, 0.25) is 0 Å². The van der Waals surface area contributed by atoms with Crippen molar-refractivity contribution in [2.45, 2.75) is 31.2 Å². The number of rotatable bonds is 5. The lowest BCUT2D eigenvalue weighted by atomic mass is 9.79. The highest BCUT2D eigenvalue weighted by Gasteiger charge is 2.22. The third-order valence-electron chi connectivity index (χ3n) is 4.33. The Hall–Kier alpha value is -1.91. The van der Waals surface area contributed by atoms with Crippen LogP contribution < -0.4 is 16.0 Å². The van der Waals surface area contributed by atoms with Gasteiger partial charge in [0.15, 0.2) is 0 Å². The second kappa shape index (κ2) is 6.24. The van der Waals surface area contributed by atoms with E-state index >= 15 is 0 Å². The fourth-order valence-corrected chi connectivity index (χ4v) is 2.90. The smallest absolute Gasteiger partial charge is 0.142 e. The van der Waals surface area contributed by atoms with E-state index in [1.165, 1.54) is 24.8 Å². The maximum Gasteiger partial charge on any atom is 0.142 e. The molecule has 0 saturated heterocycles. The molecule has 1 aromatic heterocycles. The first kappa shape index (κ1) is 14.0. The van der Waals surface area contributed by atoms with Crippen molar-refractivity contribution < 1.29 is 4.74 Å². The highest BCUT2D eigenvalue weighted by Crippen LogP contribution is 2.38. The fourth-order valence-electron chi connectivity index (χ4n) is 2.90. The molecule has 1 saturated carbocycles. The number of ether oxygens (including phenoxy) is 1. The average Bonchev–Trinajstić information content (AvgIpc) is 2.47. The number of methoxy groups -OCH3 is 1. The molecule has 1 unspecified atom stereocenters. The molecule has 0 amide bonds. The molecule has 1 atom stereocenters. The Bertz CT molecular complexity index is 610. The van der Waals surface area contributed by atoms with Crippen molar-refractivity contribution in [3.63, 3.8) is 0 Å². The number of nitrogens with zero attached hydrogens (tertiary/aromatic N) is 1. The summed E-state index contributed by atoms with van der Waals surface area (Å²) in [7, 11) is 1.65. The summed E-state index contributed by atoms with van der Waals surface area (Å²) in [5.41, 5.74) is 6.47. The van der Waals surface area contributed by atoms with Crippen LogP contribution in [0.15, 0.2) is 42.7 Å². The predicted octanol–water partition coefficient (Wildman–Crippen LogP) is 2.91. The Kier molecular flexibility index (Phi) is 4.18. The van der Waals surface area contributed by atoms with E-state index in [1.807, 2.05) is 6.07 Å². The molecule has 21 heavy (non-hydrogen) atoms. The van der Waals surface area contributed by atoms with Gasteiger partial charge >= 0.3 is 0 Å². The van der Waals surface area contributed by atoms with Gasteiger partial charge in [-0.1, -0.05) is 30.7 Å². The Labute approximate surface area is 125 Å². The summed E-state index contributed by atoms with van der Waals surface area (Å²) in [6.07, 6.45) is 7.41. The minimum Gasteiger partial charge on any atom is -0.495 e. The Morgan fingerprint density at radius 2 is 2.19 bits per heavy atom. The lowest BCUT2D eigenvalue weighted by Gasteiger charge is -2.27. The quantitative estimate of drug-likeness (QED) is 0.654. The van der Waals surface area contributed by atoms with Gasteiger partial charge in [0.25, 0.3) is 0 Å². The molecule has 1 fully saturated rings. The molecule has 0 spiro atoms. The number of hydrazine groups is 1. The Balaban J connectivity index is 1.95. The second-order valence-electron chi connectivity index (χ2n) is 5.52. The summed E-state index contributed by atoms with van der Waals surface area (Å²) in [5.74, 6) is 7.26. The van der Waals surface area contributed by atoms with Crippen molar-refractivity contribution in [2.75, 3.05) is 7.11 Å². The van der Waals surface area contributed by atoms with E-state index in [1.54, 1.807) is 19.5 Å². The average molecular weight is 283 g/mol. The minimum absolute atomic E-state index is 0.0945. The molecule has 1 aliphatic rings. The third-order valence-corrected chi connectivity index (χ3v) is 4.33. The van der Waals surface area contributed by atoms with Crippen LogP contribution in [0.25, 0.3) is 0 Å². The molecule has 0 aliphatic heterocycles. The number of hydrogen-bond donors (Lipinski definition) is 2. The molecule has 110 valence electrons. The molecule has 3 N–H and O–H groups in total. The van der Waals surface area contributed by atoms with E-state index in [0.29, 0.717) is 5.92 Å². The molecule has 0 radical (unpaired) electrons. The first-order chi connectivity index (χ1) is 10.3. The van der Waals surface area contributed by atoms with Crippen LogP contribution in [0.1, 0.15) is 47.9 Å². The Morgan fingerprint density at radius 3 is 2.86 bits per heavy atom. The molecule has 4 nitrogen and oxygen atoms in total. The summed E-state index contributed by atoms with van der Waals surface area (Å²) >= 11 is 0. The molecule has 3 rings (SSSR count). The molecule has 1 heterocycles. The summed E-state index contributed by atoms with van der Waals surface area (Å²) in [5, 5.41) is 0. The molecular weight excluding hydrogens is 262 g/mol. The molecule has 1 aliphatic carbocycles. The Morgan fingerprint density at radius 1 is 1.33 bits per heavy atom. The topological polar surface area (TPSA) is 60.2 Å². The van der Waals surface area contributed by atoms with Crippen LogP contribution in [-0.4, -0.2) is 12.1 Å². The summed E-state index contributed by atoms with van der Waals surface area (Å²) in [6.45, 7) is 0. The first-order valence-corrected chi connectivity index (χ1v) is 7.37. The number of pyridine rings is 1. The van der Waals surface area contributed by atoms with Gasteiger partial charge in [-0.05, 0) is 36.0 Å². The van der Waals surface area contributed by atoms with E-state index in [4.69, 9.17) is 10.6 Å². The van der Waals surface area contributed by atoms with Crippen molar-refractivity contribution in [3.05, 3.63) is 59.4 Å². The van der Waals surface area contributed by atoms with Crippen molar-refractivity contribution in [1.29, 1.82) is 0 Å². The van der Waals surface area contributed by atoms with Gasteiger partial charge in [-0.25, -0.2) is 5.43 Å². The van der Waals surface area contributed by atoms with E-state index in [-0.39, 0.29) is 6.04 Å². The van der Waals surface area contributed by atoms with E-state index in [9.17, 15) is 0 Å². The van der Waals surface area contributed by atoms with Gasteiger partial charge in [-0.15, -0.1) is 0 Å². The minimum atomic E-state index is -0.0945. The van der Waals surface area contributed by atoms with Crippen molar-refractivity contribution in [1.82, 2.24) is 10.4 Å². The van der Waals surface area contributed by atoms with E-state index < -0.39 is 0 Å². The zero-order valence-electron chi connectivity index (χ0n) is 12.3. The lowest BCUT2D eigenvalue weighted by molar-refractivity contribution is 0.402. The van der Waals surface area contributed by atoms with Gasteiger partial charge in [0.1, 0.15) is 5.75 Å².